The van der Waals surface area contributed by atoms with E-state index in [0.29, 0.717) is 23.9 Å². The molecular weight excluding hydrogens is 338 g/mol. The third-order valence-electron chi connectivity index (χ3n) is 6.29. The number of benzene rings is 1. The Morgan fingerprint density at radius 1 is 1.22 bits per heavy atom. The number of likely N-dealkylation sites (tertiary alicyclic amines) is 1. The summed E-state index contributed by atoms with van der Waals surface area (Å²) in [6.07, 6.45) is 6.89. The van der Waals surface area contributed by atoms with Crippen LogP contribution in [0.3, 0.4) is 0 Å². The van der Waals surface area contributed by atoms with Crippen molar-refractivity contribution >= 4 is 22.7 Å². The van der Waals surface area contributed by atoms with Crippen molar-refractivity contribution in [3.63, 3.8) is 0 Å². The summed E-state index contributed by atoms with van der Waals surface area (Å²) < 4.78 is 0. The number of nitrogens with zero attached hydrogens (tertiary/aromatic N) is 2. The van der Waals surface area contributed by atoms with E-state index in [0.717, 1.165) is 49.7 Å². The Morgan fingerprint density at radius 3 is 2.70 bits per heavy atom. The Morgan fingerprint density at radius 2 is 2.00 bits per heavy atom. The van der Waals surface area contributed by atoms with Gasteiger partial charge in [-0.2, -0.15) is 0 Å². The summed E-state index contributed by atoms with van der Waals surface area (Å²) in [6.45, 7) is 4.39. The Labute approximate surface area is 160 Å². The predicted octanol–water partition coefficient (Wildman–Crippen LogP) is 3.39. The molecule has 1 saturated carbocycles. The second-order valence-electron chi connectivity index (χ2n) is 8.27. The fourth-order valence-corrected chi connectivity index (χ4v) is 4.19. The molecule has 5 nitrogen and oxygen atoms in total. The van der Waals surface area contributed by atoms with Gasteiger partial charge >= 0.3 is 0 Å². The Kier molecular flexibility index (Phi) is 4.85. The van der Waals surface area contributed by atoms with E-state index in [1.165, 1.54) is 6.42 Å². The third kappa shape index (κ3) is 3.68. The highest BCUT2D eigenvalue weighted by Crippen LogP contribution is 2.42. The number of pyridine rings is 1. The molecule has 1 aromatic heterocycles. The molecule has 2 aliphatic rings. The van der Waals surface area contributed by atoms with Crippen LogP contribution in [0.25, 0.3) is 10.9 Å². The van der Waals surface area contributed by atoms with E-state index in [1.54, 1.807) is 6.20 Å². The summed E-state index contributed by atoms with van der Waals surface area (Å²) in [7, 11) is 0. The van der Waals surface area contributed by atoms with Crippen LogP contribution in [-0.2, 0) is 4.79 Å². The SMILES string of the molecule is CC1(C(=O)N2CCC(CNC(=O)c3ccc4cccnc4c3)CC2)CCC1. The first kappa shape index (κ1) is 18.0. The minimum Gasteiger partial charge on any atom is -0.352 e. The zero-order chi connectivity index (χ0) is 18.9. The topological polar surface area (TPSA) is 62.3 Å². The summed E-state index contributed by atoms with van der Waals surface area (Å²) >= 11 is 0. The van der Waals surface area contributed by atoms with Gasteiger partial charge in [0, 0.05) is 42.2 Å². The number of fused-ring (bicyclic) bond motifs is 1. The lowest BCUT2D eigenvalue weighted by Gasteiger charge is -2.43. The number of rotatable bonds is 4. The molecule has 1 N–H and O–H groups in total. The van der Waals surface area contributed by atoms with Crippen LogP contribution in [0.2, 0.25) is 0 Å². The minimum absolute atomic E-state index is 0.0527. The average molecular weight is 365 g/mol. The van der Waals surface area contributed by atoms with Gasteiger partial charge in [-0.05, 0) is 49.8 Å². The van der Waals surface area contributed by atoms with E-state index in [9.17, 15) is 9.59 Å². The molecule has 0 atom stereocenters. The highest BCUT2D eigenvalue weighted by Gasteiger charge is 2.42. The highest BCUT2D eigenvalue weighted by atomic mass is 16.2. The van der Waals surface area contributed by atoms with Gasteiger partial charge in [-0.15, -0.1) is 0 Å². The molecule has 0 radical (unpaired) electrons. The smallest absolute Gasteiger partial charge is 0.251 e. The van der Waals surface area contributed by atoms with Crippen LogP contribution in [0.15, 0.2) is 36.5 Å². The van der Waals surface area contributed by atoms with Crippen molar-refractivity contribution in [2.45, 2.75) is 39.0 Å². The first-order chi connectivity index (χ1) is 13.0. The van der Waals surface area contributed by atoms with Crippen LogP contribution >= 0.6 is 0 Å². The Hall–Kier alpha value is -2.43. The maximum absolute atomic E-state index is 12.6. The van der Waals surface area contributed by atoms with Gasteiger partial charge in [0.15, 0.2) is 0 Å². The number of nitrogens with one attached hydrogen (secondary N) is 1. The summed E-state index contributed by atoms with van der Waals surface area (Å²) in [5, 5.41) is 4.09. The normalized spacial score (nSPS) is 19.5. The van der Waals surface area contributed by atoms with Crippen LogP contribution in [0, 0.1) is 11.3 Å². The van der Waals surface area contributed by atoms with Gasteiger partial charge in [0.25, 0.3) is 5.91 Å². The summed E-state index contributed by atoms with van der Waals surface area (Å²) in [5.41, 5.74) is 1.37. The fraction of sp³-hybridized carbons (Fsp3) is 0.500. The molecule has 142 valence electrons. The molecule has 4 rings (SSSR count). The number of carbonyl (C=O) groups excluding carboxylic acids is 2. The number of hydrogen-bond acceptors (Lipinski definition) is 3. The lowest BCUT2D eigenvalue weighted by Crippen LogP contribution is -2.49. The van der Waals surface area contributed by atoms with Gasteiger partial charge in [0.1, 0.15) is 0 Å². The van der Waals surface area contributed by atoms with E-state index >= 15 is 0 Å². The van der Waals surface area contributed by atoms with Crippen molar-refractivity contribution in [3.8, 4) is 0 Å². The molecule has 1 saturated heterocycles. The maximum atomic E-state index is 12.6. The number of piperidine rings is 1. The van der Waals surface area contributed by atoms with Crippen molar-refractivity contribution < 1.29 is 9.59 Å². The number of hydrogen-bond donors (Lipinski definition) is 1. The average Bonchev–Trinajstić information content (AvgIpc) is 2.69. The van der Waals surface area contributed by atoms with E-state index < -0.39 is 0 Å². The van der Waals surface area contributed by atoms with Crippen LogP contribution in [0.4, 0.5) is 0 Å². The molecule has 27 heavy (non-hydrogen) atoms. The van der Waals surface area contributed by atoms with Crippen molar-refractivity contribution in [2.75, 3.05) is 19.6 Å². The lowest BCUT2D eigenvalue weighted by atomic mass is 9.69. The van der Waals surface area contributed by atoms with Crippen molar-refractivity contribution in [1.29, 1.82) is 0 Å². The van der Waals surface area contributed by atoms with E-state index in [4.69, 9.17) is 0 Å². The molecule has 2 aromatic rings. The van der Waals surface area contributed by atoms with Crippen molar-refractivity contribution in [3.05, 3.63) is 42.1 Å². The first-order valence-electron chi connectivity index (χ1n) is 9.97. The molecule has 0 spiro atoms. The van der Waals surface area contributed by atoms with Crippen LogP contribution in [-0.4, -0.2) is 41.3 Å². The molecule has 2 heterocycles. The molecule has 1 aliphatic carbocycles. The molecule has 1 aliphatic heterocycles. The Bertz CT molecular complexity index is 852. The second-order valence-corrected chi connectivity index (χ2v) is 8.27. The van der Waals surface area contributed by atoms with Crippen LogP contribution < -0.4 is 5.32 Å². The summed E-state index contributed by atoms with van der Waals surface area (Å²) in [6, 6.07) is 9.50. The molecule has 0 unspecified atom stereocenters. The van der Waals surface area contributed by atoms with Gasteiger partial charge in [-0.25, -0.2) is 0 Å². The lowest BCUT2D eigenvalue weighted by molar-refractivity contribution is -0.147. The van der Waals surface area contributed by atoms with Gasteiger partial charge in [-0.3, -0.25) is 14.6 Å². The van der Waals surface area contributed by atoms with Gasteiger partial charge in [-0.1, -0.05) is 25.5 Å². The van der Waals surface area contributed by atoms with E-state index in [1.807, 2.05) is 35.2 Å². The molecule has 2 fully saturated rings. The minimum atomic E-state index is -0.106. The Balaban J connectivity index is 1.28. The molecular formula is C22H27N3O2. The summed E-state index contributed by atoms with van der Waals surface area (Å²) in [4.78, 5) is 31.4. The predicted molar refractivity (Wildman–Crippen MR) is 105 cm³/mol. The third-order valence-corrected chi connectivity index (χ3v) is 6.29. The largest absolute Gasteiger partial charge is 0.352 e. The van der Waals surface area contributed by atoms with Crippen LogP contribution in [0.5, 0.6) is 0 Å². The number of amides is 2. The van der Waals surface area contributed by atoms with Gasteiger partial charge in [0.05, 0.1) is 5.52 Å². The quantitative estimate of drug-likeness (QED) is 0.903. The monoisotopic (exact) mass is 365 g/mol. The van der Waals surface area contributed by atoms with Gasteiger partial charge in [0.2, 0.25) is 5.91 Å². The maximum Gasteiger partial charge on any atom is 0.251 e. The number of aromatic nitrogens is 1. The van der Waals surface area contributed by atoms with Crippen molar-refractivity contribution in [2.24, 2.45) is 11.3 Å². The zero-order valence-electron chi connectivity index (χ0n) is 15.9. The van der Waals surface area contributed by atoms with Crippen LogP contribution in [0.1, 0.15) is 49.4 Å². The highest BCUT2D eigenvalue weighted by molar-refractivity contribution is 5.97. The molecule has 1 aromatic carbocycles. The van der Waals surface area contributed by atoms with Crippen molar-refractivity contribution in [1.82, 2.24) is 15.2 Å². The molecule has 2 amide bonds. The molecule has 0 bridgehead atoms. The number of carbonyl (C=O) groups is 2. The van der Waals surface area contributed by atoms with E-state index in [-0.39, 0.29) is 11.3 Å². The summed E-state index contributed by atoms with van der Waals surface area (Å²) in [5.74, 6) is 0.716. The van der Waals surface area contributed by atoms with Gasteiger partial charge < -0.3 is 10.2 Å². The molecule has 5 heteroatoms. The van der Waals surface area contributed by atoms with E-state index in [2.05, 4.69) is 17.2 Å². The zero-order valence-corrected chi connectivity index (χ0v) is 15.9. The second kappa shape index (κ2) is 7.29. The first-order valence-corrected chi connectivity index (χ1v) is 9.97. The fourth-order valence-electron chi connectivity index (χ4n) is 4.19. The standard InChI is InChI=1S/C22H27N3O2/c1-22(9-3-10-22)21(27)25-12-7-16(8-13-25)15-24-20(26)18-6-5-17-4-2-11-23-19(17)14-18/h2,4-6,11,14,16H,3,7-10,12-13,15H2,1H3,(H,24,26).